The predicted octanol–water partition coefficient (Wildman–Crippen LogP) is 1.28. The molecule has 16 heavy (non-hydrogen) atoms. The summed E-state index contributed by atoms with van der Waals surface area (Å²) in [6.45, 7) is 4.09. The van der Waals surface area contributed by atoms with Crippen molar-refractivity contribution < 1.29 is 5.11 Å². The average molecular weight is 241 g/mol. The molecule has 2 N–H and O–H groups in total. The van der Waals surface area contributed by atoms with Gasteiger partial charge in [0.2, 0.25) is 0 Å². The molecular formula is C12H17ClN2O. The molecule has 88 valence electrons. The predicted molar refractivity (Wildman–Crippen MR) is 65.7 cm³/mol. The third-order valence-corrected chi connectivity index (χ3v) is 3.27. The van der Waals surface area contributed by atoms with Gasteiger partial charge in [0.25, 0.3) is 0 Å². The highest BCUT2D eigenvalue weighted by Crippen LogP contribution is 2.22. The zero-order chi connectivity index (χ0) is 11.4. The highest BCUT2D eigenvalue weighted by atomic mass is 35.5. The third-order valence-electron chi connectivity index (χ3n) is 3.02. The first-order valence-electron chi connectivity index (χ1n) is 5.62. The molecule has 3 nitrogen and oxygen atoms in total. The average Bonchev–Trinajstić information content (AvgIpc) is 2.34. The number of nitrogens with one attached hydrogen (secondary N) is 1. The van der Waals surface area contributed by atoms with Crippen molar-refractivity contribution in [3.05, 3.63) is 34.9 Å². The Morgan fingerprint density at radius 1 is 1.25 bits per heavy atom. The van der Waals surface area contributed by atoms with Gasteiger partial charge in [0.15, 0.2) is 0 Å². The van der Waals surface area contributed by atoms with Gasteiger partial charge in [-0.15, -0.1) is 0 Å². The topological polar surface area (TPSA) is 35.5 Å². The molecule has 0 spiro atoms. The van der Waals surface area contributed by atoms with Crippen LogP contribution in [0.3, 0.4) is 0 Å². The minimum Gasteiger partial charge on any atom is -0.394 e. The van der Waals surface area contributed by atoms with E-state index in [1.165, 1.54) is 0 Å². The molecule has 1 aliphatic rings. The van der Waals surface area contributed by atoms with Gasteiger partial charge in [0.05, 0.1) is 12.6 Å². The largest absolute Gasteiger partial charge is 0.394 e. The fourth-order valence-corrected chi connectivity index (χ4v) is 2.24. The highest BCUT2D eigenvalue weighted by molar-refractivity contribution is 6.30. The van der Waals surface area contributed by atoms with E-state index in [4.69, 9.17) is 11.6 Å². The number of hydrogen-bond donors (Lipinski definition) is 2. The molecule has 0 aliphatic carbocycles. The van der Waals surface area contributed by atoms with Gasteiger partial charge in [0, 0.05) is 31.2 Å². The van der Waals surface area contributed by atoms with Crippen LogP contribution in [-0.4, -0.2) is 42.8 Å². The molecule has 1 aromatic rings. The van der Waals surface area contributed by atoms with Gasteiger partial charge in [-0.3, -0.25) is 4.90 Å². The molecule has 4 heteroatoms. The van der Waals surface area contributed by atoms with E-state index in [1.54, 1.807) is 0 Å². The van der Waals surface area contributed by atoms with Crippen molar-refractivity contribution in [1.29, 1.82) is 0 Å². The van der Waals surface area contributed by atoms with Gasteiger partial charge in [0.1, 0.15) is 0 Å². The van der Waals surface area contributed by atoms with E-state index in [0.29, 0.717) is 0 Å². The summed E-state index contributed by atoms with van der Waals surface area (Å²) in [4.78, 5) is 2.31. The van der Waals surface area contributed by atoms with Gasteiger partial charge in [-0.1, -0.05) is 23.7 Å². The lowest BCUT2D eigenvalue weighted by atomic mass is 10.1. The molecule has 0 amide bonds. The van der Waals surface area contributed by atoms with Crippen molar-refractivity contribution in [3.8, 4) is 0 Å². The number of hydrogen-bond acceptors (Lipinski definition) is 3. The first kappa shape index (κ1) is 11.9. The number of nitrogens with zero attached hydrogens (tertiary/aromatic N) is 1. The summed E-state index contributed by atoms with van der Waals surface area (Å²) in [6.07, 6.45) is 0. The summed E-state index contributed by atoms with van der Waals surface area (Å²) in [5.41, 5.74) is 1.13. The van der Waals surface area contributed by atoms with E-state index in [-0.39, 0.29) is 12.6 Å². The smallest absolute Gasteiger partial charge is 0.0628 e. The van der Waals surface area contributed by atoms with E-state index in [9.17, 15) is 5.11 Å². The van der Waals surface area contributed by atoms with E-state index < -0.39 is 0 Å². The fourth-order valence-electron chi connectivity index (χ4n) is 2.11. The first-order valence-corrected chi connectivity index (χ1v) is 6.00. The second-order valence-corrected chi connectivity index (χ2v) is 4.47. The number of aliphatic hydroxyl groups is 1. The summed E-state index contributed by atoms with van der Waals surface area (Å²) in [5.74, 6) is 0. The molecule has 1 aliphatic heterocycles. The van der Waals surface area contributed by atoms with Crippen molar-refractivity contribution in [2.75, 3.05) is 32.8 Å². The Balaban J connectivity index is 2.11. The van der Waals surface area contributed by atoms with E-state index >= 15 is 0 Å². The third kappa shape index (κ3) is 2.74. The summed E-state index contributed by atoms with van der Waals surface area (Å²) in [7, 11) is 0. The van der Waals surface area contributed by atoms with E-state index in [2.05, 4.69) is 10.2 Å². The van der Waals surface area contributed by atoms with Crippen LogP contribution in [0.5, 0.6) is 0 Å². The van der Waals surface area contributed by atoms with Crippen molar-refractivity contribution >= 4 is 11.6 Å². The summed E-state index contributed by atoms with van der Waals surface area (Å²) < 4.78 is 0. The molecule has 0 aromatic heterocycles. The van der Waals surface area contributed by atoms with Crippen LogP contribution in [-0.2, 0) is 0 Å². The van der Waals surface area contributed by atoms with Gasteiger partial charge in [-0.25, -0.2) is 0 Å². The fraction of sp³-hybridized carbons (Fsp3) is 0.500. The zero-order valence-corrected chi connectivity index (χ0v) is 9.95. The maximum Gasteiger partial charge on any atom is 0.0628 e. The van der Waals surface area contributed by atoms with Crippen LogP contribution in [0.2, 0.25) is 5.02 Å². The molecular weight excluding hydrogens is 224 g/mol. The molecule has 1 heterocycles. The van der Waals surface area contributed by atoms with Crippen molar-refractivity contribution in [1.82, 2.24) is 10.2 Å². The minimum atomic E-state index is 0.0966. The molecule has 2 rings (SSSR count). The van der Waals surface area contributed by atoms with Crippen LogP contribution in [0.4, 0.5) is 0 Å². The van der Waals surface area contributed by atoms with Gasteiger partial charge in [-0.2, -0.15) is 0 Å². The van der Waals surface area contributed by atoms with E-state index in [0.717, 1.165) is 36.8 Å². The minimum absolute atomic E-state index is 0.0966. The van der Waals surface area contributed by atoms with Crippen LogP contribution >= 0.6 is 11.6 Å². The standard InChI is InChI=1S/C12H17ClN2O/c13-11-3-1-10(2-4-11)12(9-16)15-7-5-14-6-8-15/h1-4,12,14,16H,5-9H2. The number of aliphatic hydroxyl groups excluding tert-OH is 1. The molecule has 0 radical (unpaired) electrons. The molecule has 0 saturated carbocycles. The van der Waals surface area contributed by atoms with Gasteiger partial charge >= 0.3 is 0 Å². The maximum absolute atomic E-state index is 9.51. The summed E-state index contributed by atoms with van der Waals surface area (Å²) in [5, 5.41) is 13.6. The number of halogens is 1. The lowest BCUT2D eigenvalue weighted by Gasteiger charge is -2.34. The van der Waals surface area contributed by atoms with Crippen LogP contribution in [0.15, 0.2) is 24.3 Å². The summed E-state index contributed by atoms with van der Waals surface area (Å²) >= 11 is 5.86. The van der Waals surface area contributed by atoms with E-state index in [1.807, 2.05) is 24.3 Å². The Bertz CT molecular complexity index is 322. The number of benzene rings is 1. The van der Waals surface area contributed by atoms with Crippen molar-refractivity contribution in [3.63, 3.8) is 0 Å². The van der Waals surface area contributed by atoms with Crippen molar-refractivity contribution in [2.24, 2.45) is 0 Å². The Kier molecular flexibility index (Phi) is 4.18. The van der Waals surface area contributed by atoms with Gasteiger partial charge < -0.3 is 10.4 Å². The molecule has 0 bridgehead atoms. The highest BCUT2D eigenvalue weighted by Gasteiger charge is 2.20. The van der Waals surface area contributed by atoms with Crippen LogP contribution in [0.25, 0.3) is 0 Å². The van der Waals surface area contributed by atoms with Gasteiger partial charge in [-0.05, 0) is 17.7 Å². The zero-order valence-electron chi connectivity index (χ0n) is 9.19. The van der Waals surface area contributed by atoms with Crippen LogP contribution in [0.1, 0.15) is 11.6 Å². The monoisotopic (exact) mass is 240 g/mol. The first-order chi connectivity index (χ1) is 7.81. The molecule has 1 atom stereocenters. The number of piperazine rings is 1. The molecule has 1 aromatic carbocycles. The number of rotatable bonds is 3. The lowest BCUT2D eigenvalue weighted by molar-refractivity contribution is 0.111. The molecule has 1 fully saturated rings. The molecule has 1 unspecified atom stereocenters. The van der Waals surface area contributed by atoms with Crippen molar-refractivity contribution in [2.45, 2.75) is 6.04 Å². The Labute approximate surface area is 101 Å². The quantitative estimate of drug-likeness (QED) is 0.836. The second-order valence-electron chi connectivity index (χ2n) is 4.04. The Hall–Kier alpha value is -0.610. The summed E-state index contributed by atoms with van der Waals surface area (Å²) in [6, 6.07) is 7.83. The second kappa shape index (κ2) is 5.64. The maximum atomic E-state index is 9.51. The molecule has 1 saturated heterocycles. The SMILES string of the molecule is OCC(c1ccc(Cl)cc1)N1CCNCC1. The normalized spacial score (nSPS) is 19.6. The van der Waals surface area contributed by atoms with Crippen LogP contribution in [0, 0.1) is 0 Å². The Morgan fingerprint density at radius 3 is 2.44 bits per heavy atom. The lowest BCUT2D eigenvalue weighted by Crippen LogP contribution is -2.46. The van der Waals surface area contributed by atoms with Crippen LogP contribution < -0.4 is 5.32 Å². The Morgan fingerprint density at radius 2 is 1.88 bits per heavy atom.